The van der Waals surface area contributed by atoms with E-state index >= 15 is 0 Å². The molecule has 0 amide bonds. The Kier molecular flexibility index (Phi) is 5.49. The van der Waals surface area contributed by atoms with Crippen molar-refractivity contribution in [1.82, 2.24) is 5.32 Å². The molecule has 2 nitrogen and oxygen atoms in total. The quantitative estimate of drug-likeness (QED) is 0.667. The lowest BCUT2D eigenvalue weighted by Gasteiger charge is -2.26. The zero-order valence-electron chi connectivity index (χ0n) is 9.52. The summed E-state index contributed by atoms with van der Waals surface area (Å²) in [5, 5.41) is 13.7. The fraction of sp³-hybridized carbons (Fsp3) is 1.00. The van der Waals surface area contributed by atoms with E-state index < -0.39 is 0 Å². The van der Waals surface area contributed by atoms with Gasteiger partial charge in [-0.2, -0.15) is 0 Å². The summed E-state index contributed by atoms with van der Waals surface area (Å²) >= 11 is 0. The average Bonchev–Trinajstić information content (AvgIpc) is 2.39. The van der Waals surface area contributed by atoms with Gasteiger partial charge in [0.05, 0.1) is 5.60 Å². The molecule has 1 unspecified atom stereocenters. The van der Waals surface area contributed by atoms with Crippen LogP contribution in [0.5, 0.6) is 0 Å². The molecular weight excluding hydrogens is 174 g/mol. The molecule has 2 N–H and O–H groups in total. The van der Waals surface area contributed by atoms with Gasteiger partial charge in [0.25, 0.3) is 0 Å². The highest BCUT2D eigenvalue weighted by molar-refractivity contribution is 4.82. The van der Waals surface area contributed by atoms with Gasteiger partial charge in [-0.1, -0.05) is 32.6 Å². The first-order valence-electron chi connectivity index (χ1n) is 6.20. The summed E-state index contributed by atoms with van der Waals surface area (Å²) in [4.78, 5) is 0. The molecule has 0 aromatic carbocycles. The molecule has 1 atom stereocenters. The second kappa shape index (κ2) is 6.41. The minimum atomic E-state index is -0.350. The van der Waals surface area contributed by atoms with Crippen LogP contribution in [-0.4, -0.2) is 23.8 Å². The molecule has 0 bridgehead atoms. The van der Waals surface area contributed by atoms with Crippen molar-refractivity contribution in [2.45, 2.75) is 63.9 Å². The number of hydrogen-bond acceptors (Lipinski definition) is 2. The fourth-order valence-corrected chi connectivity index (χ4v) is 2.24. The second-order valence-electron chi connectivity index (χ2n) is 4.64. The van der Waals surface area contributed by atoms with Crippen LogP contribution in [0, 0.1) is 0 Å². The van der Waals surface area contributed by atoms with Crippen molar-refractivity contribution < 1.29 is 5.11 Å². The highest BCUT2D eigenvalue weighted by Crippen LogP contribution is 2.25. The molecule has 2 heteroatoms. The summed E-state index contributed by atoms with van der Waals surface area (Å²) in [5.74, 6) is 0. The van der Waals surface area contributed by atoms with Gasteiger partial charge < -0.3 is 10.4 Å². The van der Waals surface area contributed by atoms with Crippen LogP contribution in [0.15, 0.2) is 0 Å². The third-order valence-electron chi connectivity index (χ3n) is 3.26. The summed E-state index contributed by atoms with van der Waals surface area (Å²) in [5.41, 5.74) is -0.350. The van der Waals surface area contributed by atoms with Gasteiger partial charge in [-0.05, 0) is 38.8 Å². The minimum Gasteiger partial charge on any atom is -0.390 e. The summed E-state index contributed by atoms with van der Waals surface area (Å²) < 4.78 is 0. The lowest BCUT2D eigenvalue weighted by molar-refractivity contribution is 0.0171. The predicted molar refractivity (Wildman–Crippen MR) is 60.4 cm³/mol. The largest absolute Gasteiger partial charge is 0.390 e. The first-order valence-corrected chi connectivity index (χ1v) is 6.20. The molecule has 0 aromatic rings. The first kappa shape index (κ1) is 12.0. The SMILES string of the molecule is CCCCCCC1(O)CCCNCC1. The van der Waals surface area contributed by atoms with Crippen molar-refractivity contribution >= 4 is 0 Å². The smallest absolute Gasteiger partial charge is 0.0660 e. The van der Waals surface area contributed by atoms with Gasteiger partial charge in [-0.15, -0.1) is 0 Å². The van der Waals surface area contributed by atoms with Crippen LogP contribution in [0.2, 0.25) is 0 Å². The van der Waals surface area contributed by atoms with Gasteiger partial charge in [0.1, 0.15) is 0 Å². The Morgan fingerprint density at radius 1 is 1.14 bits per heavy atom. The van der Waals surface area contributed by atoms with Crippen molar-refractivity contribution in [2.24, 2.45) is 0 Å². The van der Waals surface area contributed by atoms with Gasteiger partial charge in [0.15, 0.2) is 0 Å². The van der Waals surface area contributed by atoms with E-state index in [0.29, 0.717) is 0 Å². The lowest BCUT2D eigenvalue weighted by Crippen LogP contribution is -2.29. The van der Waals surface area contributed by atoms with Gasteiger partial charge in [-0.3, -0.25) is 0 Å². The molecule has 1 rings (SSSR count). The van der Waals surface area contributed by atoms with Crippen molar-refractivity contribution in [2.75, 3.05) is 13.1 Å². The first-order chi connectivity index (χ1) is 6.77. The Labute approximate surface area is 88.1 Å². The fourth-order valence-electron chi connectivity index (χ4n) is 2.24. The second-order valence-corrected chi connectivity index (χ2v) is 4.64. The molecule has 84 valence electrons. The molecule has 0 aliphatic carbocycles. The van der Waals surface area contributed by atoms with E-state index in [0.717, 1.165) is 38.8 Å². The maximum atomic E-state index is 10.3. The normalized spacial score (nSPS) is 28.7. The third kappa shape index (κ3) is 4.43. The topological polar surface area (TPSA) is 32.3 Å². The van der Waals surface area contributed by atoms with E-state index in [-0.39, 0.29) is 5.60 Å². The molecule has 0 spiro atoms. The maximum Gasteiger partial charge on any atom is 0.0660 e. The summed E-state index contributed by atoms with van der Waals surface area (Å²) in [6.45, 7) is 4.30. The van der Waals surface area contributed by atoms with Crippen LogP contribution < -0.4 is 5.32 Å². The zero-order chi connectivity index (χ0) is 10.3. The van der Waals surface area contributed by atoms with Gasteiger partial charge >= 0.3 is 0 Å². The van der Waals surface area contributed by atoms with Crippen LogP contribution >= 0.6 is 0 Å². The number of hydrogen-bond donors (Lipinski definition) is 2. The molecule has 1 aliphatic rings. The van der Waals surface area contributed by atoms with E-state index in [1.807, 2.05) is 0 Å². The standard InChI is InChI=1S/C12H25NO/c1-2-3-4-5-7-12(14)8-6-10-13-11-9-12/h13-14H,2-11H2,1H3. The van der Waals surface area contributed by atoms with Crippen LogP contribution in [-0.2, 0) is 0 Å². The van der Waals surface area contributed by atoms with Crippen LogP contribution in [0.25, 0.3) is 0 Å². The molecule has 1 fully saturated rings. The van der Waals surface area contributed by atoms with Crippen LogP contribution in [0.1, 0.15) is 58.3 Å². The predicted octanol–water partition coefficient (Wildman–Crippen LogP) is 2.46. The van der Waals surface area contributed by atoms with Crippen LogP contribution in [0.3, 0.4) is 0 Å². The van der Waals surface area contributed by atoms with Crippen LogP contribution in [0.4, 0.5) is 0 Å². The molecule has 0 saturated carbocycles. The maximum absolute atomic E-state index is 10.3. The lowest BCUT2D eigenvalue weighted by atomic mass is 9.89. The monoisotopic (exact) mass is 199 g/mol. The molecule has 1 heterocycles. The number of unbranched alkanes of at least 4 members (excludes halogenated alkanes) is 3. The third-order valence-corrected chi connectivity index (χ3v) is 3.26. The highest BCUT2D eigenvalue weighted by Gasteiger charge is 2.26. The Balaban J connectivity index is 2.17. The van der Waals surface area contributed by atoms with Gasteiger partial charge in [-0.25, -0.2) is 0 Å². The van der Waals surface area contributed by atoms with Crippen molar-refractivity contribution in [3.63, 3.8) is 0 Å². The number of rotatable bonds is 5. The molecule has 14 heavy (non-hydrogen) atoms. The van der Waals surface area contributed by atoms with E-state index in [1.165, 1.54) is 25.7 Å². The van der Waals surface area contributed by atoms with Crippen molar-refractivity contribution in [1.29, 1.82) is 0 Å². The summed E-state index contributed by atoms with van der Waals surface area (Å²) in [7, 11) is 0. The highest BCUT2D eigenvalue weighted by atomic mass is 16.3. The molecule has 1 saturated heterocycles. The Morgan fingerprint density at radius 2 is 2.00 bits per heavy atom. The van der Waals surface area contributed by atoms with E-state index in [2.05, 4.69) is 12.2 Å². The van der Waals surface area contributed by atoms with Gasteiger partial charge in [0, 0.05) is 0 Å². The summed E-state index contributed by atoms with van der Waals surface area (Å²) in [6, 6.07) is 0. The Hall–Kier alpha value is -0.0800. The van der Waals surface area contributed by atoms with E-state index in [9.17, 15) is 5.11 Å². The number of aliphatic hydroxyl groups is 1. The Morgan fingerprint density at radius 3 is 2.79 bits per heavy atom. The molecular formula is C12H25NO. The van der Waals surface area contributed by atoms with Crippen molar-refractivity contribution in [3.05, 3.63) is 0 Å². The molecule has 0 aromatic heterocycles. The Bertz CT molecular complexity index is 139. The van der Waals surface area contributed by atoms with E-state index in [4.69, 9.17) is 0 Å². The molecule has 1 aliphatic heterocycles. The van der Waals surface area contributed by atoms with Crippen molar-refractivity contribution in [3.8, 4) is 0 Å². The zero-order valence-corrected chi connectivity index (χ0v) is 9.52. The number of nitrogens with one attached hydrogen (secondary N) is 1. The van der Waals surface area contributed by atoms with E-state index in [1.54, 1.807) is 0 Å². The van der Waals surface area contributed by atoms with Gasteiger partial charge in [0.2, 0.25) is 0 Å². The summed E-state index contributed by atoms with van der Waals surface area (Å²) in [6.07, 6.45) is 9.15. The average molecular weight is 199 g/mol. The molecule has 0 radical (unpaired) electrons. The minimum absolute atomic E-state index is 0.350.